The van der Waals surface area contributed by atoms with Gasteiger partial charge in [0.05, 0.1) is 5.69 Å². The molecule has 0 unspecified atom stereocenters. The van der Waals surface area contributed by atoms with Crippen molar-refractivity contribution in [3.05, 3.63) is 46.1 Å². The Balaban J connectivity index is 2.28. The van der Waals surface area contributed by atoms with Gasteiger partial charge in [-0.05, 0) is 26.0 Å². The summed E-state index contributed by atoms with van der Waals surface area (Å²) in [6, 6.07) is 6.55. The molecule has 0 saturated heterocycles. The number of aromatic amines is 1. The first-order valence-electron chi connectivity index (χ1n) is 5.82. The number of nitrogens with one attached hydrogen (secondary N) is 1. The quantitative estimate of drug-likeness (QED) is 0.672. The van der Waals surface area contributed by atoms with Crippen LogP contribution in [-0.4, -0.2) is 9.97 Å². The summed E-state index contributed by atoms with van der Waals surface area (Å²) in [7, 11) is 0. The summed E-state index contributed by atoms with van der Waals surface area (Å²) in [5, 5.41) is 0.699. The number of H-pyrrole nitrogens is 1. The minimum absolute atomic E-state index is 0.229. The van der Waals surface area contributed by atoms with E-state index < -0.39 is 0 Å². The number of hydrogen-bond acceptors (Lipinski definition) is 3. The molecule has 2 heterocycles. The molecule has 3 rings (SSSR count). The lowest BCUT2D eigenvalue weighted by Gasteiger charge is -2.02. The number of nitrogens with zero attached hydrogens (tertiary/aromatic N) is 1. The highest BCUT2D eigenvalue weighted by Gasteiger charge is 2.13. The second-order valence-corrected chi connectivity index (χ2v) is 4.80. The molecule has 19 heavy (non-hydrogen) atoms. The van der Waals surface area contributed by atoms with Crippen LogP contribution < -0.4 is 0 Å². The average molecular weight is 274 g/mol. The fourth-order valence-corrected chi connectivity index (χ4v) is 2.23. The van der Waals surface area contributed by atoms with Crippen LogP contribution in [0.3, 0.4) is 0 Å². The Kier molecular flexibility index (Phi) is 2.71. The molecule has 0 spiro atoms. The van der Waals surface area contributed by atoms with Gasteiger partial charge in [-0.2, -0.15) is 0 Å². The zero-order valence-corrected chi connectivity index (χ0v) is 11.3. The van der Waals surface area contributed by atoms with Gasteiger partial charge in [-0.1, -0.05) is 24.4 Å². The van der Waals surface area contributed by atoms with E-state index in [0.717, 1.165) is 11.4 Å². The van der Waals surface area contributed by atoms with Crippen molar-refractivity contribution in [2.24, 2.45) is 0 Å². The summed E-state index contributed by atoms with van der Waals surface area (Å²) in [5.74, 6) is 0.0898. The van der Waals surface area contributed by atoms with Gasteiger partial charge in [0.15, 0.2) is 17.2 Å². The van der Waals surface area contributed by atoms with Gasteiger partial charge in [0.1, 0.15) is 10.3 Å². The maximum Gasteiger partial charge on any atom is 0.170 e. The number of halogens is 1. The summed E-state index contributed by atoms with van der Waals surface area (Å²) in [6.07, 6.45) is 0. The summed E-state index contributed by atoms with van der Waals surface area (Å²) in [4.78, 5) is 7.48. The Labute approximate surface area is 114 Å². The topological polar surface area (TPSA) is 41.8 Å². The SMILES string of the molecule is Cc1nc(-c2cc3cccc(F)c3o2)c(=S)[nH]c1C. The zero-order valence-electron chi connectivity index (χ0n) is 10.5. The number of fused-ring (bicyclic) bond motifs is 1. The van der Waals surface area contributed by atoms with E-state index in [1.165, 1.54) is 6.07 Å². The van der Waals surface area contributed by atoms with Crippen LogP contribution >= 0.6 is 12.2 Å². The van der Waals surface area contributed by atoms with Gasteiger partial charge in [-0.25, -0.2) is 9.37 Å². The van der Waals surface area contributed by atoms with Crippen molar-refractivity contribution in [2.75, 3.05) is 0 Å². The third-order valence-corrected chi connectivity index (χ3v) is 3.36. The first-order chi connectivity index (χ1) is 9.06. The average Bonchev–Trinajstić information content (AvgIpc) is 2.79. The van der Waals surface area contributed by atoms with Crippen molar-refractivity contribution in [3.8, 4) is 11.5 Å². The minimum atomic E-state index is -0.387. The second-order valence-electron chi connectivity index (χ2n) is 4.39. The molecule has 0 atom stereocenters. The number of aryl methyl sites for hydroxylation is 2. The van der Waals surface area contributed by atoms with E-state index in [-0.39, 0.29) is 11.4 Å². The van der Waals surface area contributed by atoms with Gasteiger partial charge in [0.25, 0.3) is 0 Å². The molecule has 3 nitrogen and oxygen atoms in total. The first kappa shape index (κ1) is 12.0. The highest BCUT2D eigenvalue weighted by Crippen LogP contribution is 2.28. The number of para-hydroxylation sites is 1. The Morgan fingerprint density at radius 1 is 1.32 bits per heavy atom. The molecule has 5 heteroatoms. The first-order valence-corrected chi connectivity index (χ1v) is 6.23. The van der Waals surface area contributed by atoms with Crippen LogP contribution in [0, 0.1) is 24.3 Å². The van der Waals surface area contributed by atoms with Crippen LogP contribution in [0.4, 0.5) is 4.39 Å². The Hall–Kier alpha value is -2.01. The van der Waals surface area contributed by atoms with Gasteiger partial charge in [-0.3, -0.25) is 0 Å². The van der Waals surface area contributed by atoms with Crippen molar-refractivity contribution < 1.29 is 8.81 Å². The molecule has 1 N–H and O–H groups in total. The van der Waals surface area contributed by atoms with Gasteiger partial charge in [0, 0.05) is 11.1 Å². The highest BCUT2D eigenvalue weighted by molar-refractivity contribution is 7.71. The van der Waals surface area contributed by atoms with E-state index in [0.29, 0.717) is 21.5 Å². The van der Waals surface area contributed by atoms with Crippen LogP contribution in [0.1, 0.15) is 11.4 Å². The summed E-state index contributed by atoms with van der Waals surface area (Å²) < 4.78 is 19.6. The lowest BCUT2D eigenvalue weighted by molar-refractivity contribution is 0.567. The Morgan fingerprint density at radius 3 is 2.84 bits per heavy atom. The summed E-state index contributed by atoms with van der Waals surface area (Å²) in [5.41, 5.74) is 2.51. The summed E-state index contributed by atoms with van der Waals surface area (Å²) in [6.45, 7) is 3.79. The van der Waals surface area contributed by atoms with E-state index in [9.17, 15) is 4.39 Å². The number of hydrogen-bond donors (Lipinski definition) is 1. The Morgan fingerprint density at radius 2 is 2.11 bits per heavy atom. The maximum absolute atomic E-state index is 13.6. The zero-order chi connectivity index (χ0) is 13.6. The smallest absolute Gasteiger partial charge is 0.170 e. The normalized spacial score (nSPS) is 11.1. The molecule has 0 aliphatic rings. The lowest BCUT2D eigenvalue weighted by atomic mass is 10.2. The molecule has 3 aromatic rings. The van der Waals surface area contributed by atoms with Crippen LogP contribution in [0.2, 0.25) is 0 Å². The van der Waals surface area contributed by atoms with E-state index in [4.69, 9.17) is 16.6 Å². The van der Waals surface area contributed by atoms with Crippen molar-refractivity contribution in [2.45, 2.75) is 13.8 Å². The van der Waals surface area contributed by atoms with Gasteiger partial charge < -0.3 is 9.40 Å². The molecule has 0 radical (unpaired) electrons. The van der Waals surface area contributed by atoms with Crippen molar-refractivity contribution in [1.29, 1.82) is 0 Å². The van der Waals surface area contributed by atoms with Crippen molar-refractivity contribution in [1.82, 2.24) is 9.97 Å². The molecule has 0 bridgehead atoms. The second kappa shape index (κ2) is 4.28. The highest BCUT2D eigenvalue weighted by atomic mass is 32.1. The van der Waals surface area contributed by atoms with E-state index in [2.05, 4.69) is 9.97 Å². The lowest BCUT2D eigenvalue weighted by Crippen LogP contribution is -1.95. The molecule has 96 valence electrons. The molecule has 0 amide bonds. The molecular weight excluding hydrogens is 263 g/mol. The molecule has 0 aliphatic heterocycles. The molecule has 0 aliphatic carbocycles. The van der Waals surface area contributed by atoms with Crippen molar-refractivity contribution in [3.63, 3.8) is 0 Å². The van der Waals surface area contributed by atoms with E-state index in [1.807, 2.05) is 13.8 Å². The van der Waals surface area contributed by atoms with Gasteiger partial charge in [0.2, 0.25) is 0 Å². The molecule has 0 fully saturated rings. The van der Waals surface area contributed by atoms with Crippen molar-refractivity contribution >= 4 is 23.2 Å². The number of benzene rings is 1. The molecule has 2 aromatic heterocycles. The largest absolute Gasteiger partial charge is 0.451 e. The van der Waals surface area contributed by atoms with E-state index in [1.54, 1.807) is 18.2 Å². The van der Waals surface area contributed by atoms with E-state index >= 15 is 0 Å². The van der Waals surface area contributed by atoms with Gasteiger partial charge in [-0.15, -0.1) is 0 Å². The standard InChI is InChI=1S/C14H11FN2OS/c1-7-8(2)17-14(19)12(16-7)11-6-9-4-3-5-10(15)13(9)18-11/h3-6H,1-2H3,(H,17,19). The molecular formula is C14H11FN2OS. The van der Waals surface area contributed by atoms with Gasteiger partial charge >= 0.3 is 0 Å². The predicted octanol–water partition coefficient (Wildman–Crippen LogP) is 4.31. The maximum atomic E-state index is 13.6. The van der Waals surface area contributed by atoms with Crippen LogP contribution in [0.25, 0.3) is 22.4 Å². The number of furan rings is 1. The molecule has 1 aromatic carbocycles. The third kappa shape index (κ3) is 1.96. The monoisotopic (exact) mass is 274 g/mol. The predicted molar refractivity (Wildman–Crippen MR) is 74.1 cm³/mol. The third-order valence-electron chi connectivity index (χ3n) is 3.07. The number of aromatic nitrogens is 2. The van der Waals surface area contributed by atoms with Crippen LogP contribution in [-0.2, 0) is 0 Å². The molecule has 0 saturated carbocycles. The summed E-state index contributed by atoms with van der Waals surface area (Å²) >= 11 is 5.25. The fourth-order valence-electron chi connectivity index (χ4n) is 1.93. The fraction of sp³-hybridized carbons (Fsp3) is 0.143. The van der Waals surface area contributed by atoms with Crippen LogP contribution in [0.15, 0.2) is 28.7 Å². The Bertz CT molecular complexity index is 835. The minimum Gasteiger partial charge on any atom is -0.451 e. The van der Waals surface area contributed by atoms with Crippen LogP contribution in [0.5, 0.6) is 0 Å². The number of rotatable bonds is 1.